The van der Waals surface area contributed by atoms with Gasteiger partial charge in [-0.3, -0.25) is 4.79 Å². The molecule has 0 spiro atoms. The van der Waals surface area contributed by atoms with Crippen LogP contribution in [-0.4, -0.2) is 57.4 Å². The van der Waals surface area contributed by atoms with E-state index >= 15 is 0 Å². The van der Waals surface area contributed by atoms with Crippen LogP contribution in [0.15, 0.2) is 11.6 Å². The van der Waals surface area contributed by atoms with E-state index in [9.17, 15) is 25.2 Å². The Bertz CT molecular complexity index is 571. The summed E-state index contributed by atoms with van der Waals surface area (Å²) in [5.41, 5.74) is -3.05. The third-order valence-electron chi connectivity index (χ3n) is 7.01. The van der Waals surface area contributed by atoms with E-state index in [1.807, 2.05) is 13.8 Å². The van der Waals surface area contributed by atoms with Gasteiger partial charge in [-0.05, 0) is 36.3 Å². The van der Waals surface area contributed by atoms with E-state index in [1.54, 1.807) is 13.0 Å². The highest BCUT2D eigenvalue weighted by molar-refractivity contribution is 5.69. The van der Waals surface area contributed by atoms with Gasteiger partial charge in [-0.15, -0.1) is 0 Å². The lowest BCUT2D eigenvalue weighted by atomic mass is 9.45. The van der Waals surface area contributed by atoms with Crippen LogP contribution in [0.3, 0.4) is 0 Å². The van der Waals surface area contributed by atoms with Crippen LogP contribution >= 0.6 is 0 Å². The first-order valence-corrected chi connectivity index (χ1v) is 10.1. The number of esters is 1. The highest BCUT2D eigenvalue weighted by Crippen LogP contribution is 2.61. The molecule has 4 N–H and O–H groups in total. The topological polar surface area (TPSA) is 107 Å². The molecule has 1 saturated carbocycles. The Labute approximate surface area is 162 Å². The molecule has 27 heavy (non-hydrogen) atoms. The molecule has 0 aliphatic heterocycles. The molecule has 2 rings (SSSR count). The smallest absolute Gasteiger partial charge is 0.306 e. The summed E-state index contributed by atoms with van der Waals surface area (Å²) in [6.45, 7) is 6.79. The summed E-state index contributed by atoms with van der Waals surface area (Å²) < 4.78 is 5.80. The van der Waals surface area contributed by atoms with Crippen molar-refractivity contribution in [1.82, 2.24) is 0 Å². The van der Waals surface area contributed by atoms with Gasteiger partial charge in [0.15, 0.2) is 0 Å². The van der Waals surface area contributed by atoms with E-state index < -0.39 is 42.4 Å². The average molecular weight is 385 g/mol. The average Bonchev–Trinajstić information content (AvgIpc) is 2.61. The molecule has 6 heteroatoms. The maximum Gasteiger partial charge on any atom is 0.306 e. The molecule has 5 unspecified atom stereocenters. The van der Waals surface area contributed by atoms with Crippen LogP contribution in [0.4, 0.5) is 0 Å². The van der Waals surface area contributed by atoms with Gasteiger partial charge in [0.1, 0.15) is 11.7 Å². The molecule has 0 bridgehead atoms. The van der Waals surface area contributed by atoms with Crippen molar-refractivity contribution >= 4 is 5.97 Å². The normalized spacial score (nSPS) is 38.1. The van der Waals surface area contributed by atoms with E-state index in [-0.39, 0.29) is 17.0 Å². The van der Waals surface area contributed by atoms with Crippen molar-refractivity contribution in [2.75, 3.05) is 13.2 Å². The van der Waals surface area contributed by atoms with Crippen LogP contribution in [0.1, 0.15) is 66.2 Å². The second kappa shape index (κ2) is 8.19. The molecule has 5 atom stereocenters. The largest absolute Gasteiger partial charge is 0.458 e. The van der Waals surface area contributed by atoms with Crippen molar-refractivity contribution in [2.24, 2.45) is 16.7 Å². The number of carbonyl (C=O) groups excluding carboxylic acids is 1. The molecule has 0 heterocycles. The van der Waals surface area contributed by atoms with Crippen molar-refractivity contribution in [3.05, 3.63) is 11.6 Å². The Morgan fingerprint density at radius 2 is 1.93 bits per heavy atom. The predicted molar refractivity (Wildman–Crippen MR) is 102 cm³/mol. The lowest BCUT2D eigenvalue weighted by Crippen LogP contribution is -2.70. The number of fused-ring (bicyclic) bond motifs is 1. The Morgan fingerprint density at radius 3 is 2.48 bits per heavy atom. The number of aliphatic hydroxyl groups excluding tert-OH is 3. The lowest BCUT2D eigenvalue weighted by Gasteiger charge is -2.63. The Morgan fingerprint density at radius 1 is 1.26 bits per heavy atom. The fraction of sp³-hybridized carbons (Fsp3) is 0.857. The maximum absolute atomic E-state index is 12.4. The summed E-state index contributed by atoms with van der Waals surface area (Å²) >= 11 is 0. The molecule has 0 amide bonds. The summed E-state index contributed by atoms with van der Waals surface area (Å²) in [6.07, 6.45) is 4.26. The zero-order valence-corrected chi connectivity index (χ0v) is 17.1. The van der Waals surface area contributed by atoms with Crippen LogP contribution in [0.2, 0.25) is 0 Å². The zero-order chi connectivity index (χ0) is 20.5. The van der Waals surface area contributed by atoms with Crippen LogP contribution in [-0.2, 0) is 9.53 Å². The van der Waals surface area contributed by atoms with Gasteiger partial charge < -0.3 is 25.2 Å². The summed E-state index contributed by atoms with van der Waals surface area (Å²) in [5.74, 6) is -0.703. The van der Waals surface area contributed by atoms with Gasteiger partial charge in [0.25, 0.3) is 0 Å². The van der Waals surface area contributed by atoms with Crippen molar-refractivity contribution in [3.63, 3.8) is 0 Å². The summed E-state index contributed by atoms with van der Waals surface area (Å²) in [7, 11) is 0. The second-order valence-electron chi connectivity index (χ2n) is 9.08. The predicted octanol–water partition coefficient (Wildman–Crippen LogP) is 1.94. The van der Waals surface area contributed by atoms with Crippen LogP contribution in [0, 0.1) is 16.7 Å². The fourth-order valence-corrected chi connectivity index (χ4v) is 5.37. The van der Waals surface area contributed by atoms with E-state index in [4.69, 9.17) is 4.74 Å². The van der Waals surface area contributed by atoms with Gasteiger partial charge in [0, 0.05) is 17.8 Å². The number of ether oxygens (including phenoxy) is 1. The monoisotopic (exact) mass is 384 g/mol. The van der Waals surface area contributed by atoms with Gasteiger partial charge in [-0.25, -0.2) is 0 Å². The van der Waals surface area contributed by atoms with Gasteiger partial charge in [-0.2, -0.15) is 0 Å². The van der Waals surface area contributed by atoms with Crippen LogP contribution in [0.25, 0.3) is 0 Å². The minimum Gasteiger partial charge on any atom is -0.458 e. The molecule has 0 radical (unpaired) electrons. The number of aliphatic hydroxyl groups is 4. The van der Waals surface area contributed by atoms with E-state index in [0.29, 0.717) is 19.3 Å². The fourth-order valence-electron chi connectivity index (χ4n) is 5.37. The first-order valence-electron chi connectivity index (χ1n) is 10.1. The van der Waals surface area contributed by atoms with Gasteiger partial charge in [0.2, 0.25) is 0 Å². The van der Waals surface area contributed by atoms with Crippen molar-refractivity contribution < 1.29 is 30.0 Å². The van der Waals surface area contributed by atoms with E-state index in [1.165, 1.54) is 0 Å². The first kappa shape index (κ1) is 22.3. The van der Waals surface area contributed by atoms with Crippen LogP contribution < -0.4 is 0 Å². The molecule has 2 aliphatic rings. The standard InChI is InChI=1S/C21H36O6/c1-5-6-7-8-17(25)27-15-11-14(12-22)21(26,13-23)20(4)16(24)9-10-19(2,3)18(15)20/h11,15-16,18,22-24,26H,5-10,12-13H2,1-4H3. The lowest BCUT2D eigenvalue weighted by molar-refractivity contribution is -0.237. The summed E-state index contributed by atoms with van der Waals surface area (Å²) in [6, 6.07) is 0. The van der Waals surface area contributed by atoms with Crippen LogP contribution in [0.5, 0.6) is 0 Å². The SMILES string of the molecule is CCCCCC(=O)OC1C=C(CO)C(O)(CO)C2(C)C(O)CCC(C)(C)C12. The van der Waals surface area contributed by atoms with Crippen molar-refractivity contribution in [3.8, 4) is 0 Å². The highest BCUT2D eigenvalue weighted by Gasteiger charge is 2.66. The van der Waals surface area contributed by atoms with Gasteiger partial charge in [-0.1, -0.05) is 40.5 Å². The minimum atomic E-state index is -1.77. The third-order valence-corrected chi connectivity index (χ3v) is 7.01. The van der Waals surface area contributed by atoms with E-state index in [2.05, 4.69) is 6.92 Å². The van der Waals surface area contributed by atoms with Gasteiger partial charge in [0.05, 0.1) is 19.3 Å². The number of carbonyl (C=O) groups is 1. The molecule has 2 aliphatic carbocycles. The molecule has 0 aromatic heterocycles. The first-order chi connectivity index (χ1) is 12.6. The molecule has 0 saturated heterocycles. The molecule has 1 fully saturated rings. The number of hydrogen-bond donors (Lipinski definition) is 4. The molecular weight excluding hydrogens is 348 g/mol. The quantitative estimate of drug-likeness (QED) is 0.304. The molecule has 6 nitrogen and oxygen atoms in total. The zero-order valence-electron chi connectivity index (χ0n) is 17.1. The Hall–Kier alpha value is -0.950. The van der Waals surface area contributed by atoms with Gasteiger partial charge >= 0.3 is 5.97 Å². The third kappa shape index (κ3) is 3.69. The Balaban J connectivity index is 2.46. The molecule has 0 aromatic carbocycles. The molecule has 0 aromatic rings. The summed E-state index contributed by atoms with van der Waals surface area (Å²) in [4.78, 5) is 12.4. The highest BCUT2D eigenvalue weighted by atomic mass is 16.5. The van der Waals surface area contributed by atoms with Crippen molar-refractivity contribution in [1.29, 1.82) is 0 Å². The molecular formula is C21H36O6. The maximum atomic E-state index is 12.4. The number of rotatable bonds is 7. The van der Waals surface area contributed by atoms with E-state index in [0.717, 1.165) is 19.3 Å². The number of unbranched alkanes of at least 4 members (excludes halogenated alkanes) is 2. The number of hydrogen-bond acceptors (Lipinski definition) is 6. The minimum absolute atomic E-state index is 0.201. The van der Waals surface area contributed by atoms with Crippen molar-refractivity contribution in [2.45, 2.75) is 84.0 Å². The molecule has 156 valence electrons. The summed E-state index contributed by atoms with van der Waals surface area (Å²) in [5, 5.41) is 42.1. The second-order valence-corrected chi connectivity index (χ2v) is 9.08. The Kier molecular flexibility index (Phi) is 6.78.